The second kappa shape index (κ2) is 11.2. The fourth-order valence-electron chi connectivity index (χ4n) is 4.78. The molecule has 7 heteroatoms. The summed E-state index contributed by atoms with van der Waals surface area (Å²) in [6, 6.07) is 15.1. The Bertz CT molecular complexity index is 1250. The van der Waals surface area contributed by atoms with E-state index in [2.05, 4.69) is 5.32 Å². The van der Waals surface area contributed by atoms with E-state index in [1.165, 1.54) is 23.8 Å². The smallest absolute Gasteiger partial charge is 0.331 e. The number of aromatic nitrogens is 2. The van der Waals surface area contributed by atoms with Gasteiger partial charge in [-0.05, 0) is 55.5 Å². The van der Waals surface area contributed by atoms with Gasteiger partial charge in [0.05, 0.1) is 24.6 Å². The van der Waals surface area contributed by atoms with Crippen molar-refractivity contribution in [2.24, 2.45) is 0 Å². The second-order valence-electron chi connectivity index (χ2n) is 9.05. The van der Waals surface area contributed by atoms with Gasteiger partial charge in [-0.15, -0.1) is 0 Å². The first-order valence-corrected chi connectivity index (χ1v) is 12.2. The molecule has 0 unspecified atom stereocenters. The Hall–Kier alpha value is -3.35. The number of benzene rings is 2. The van der Waals surface area contributed by atoms with Gasteiger partial charge in [-0.25, -0.2) is 4.79 Å². The molecule has 1 amide bonds. The average molecular weight is 464 g/mol. The predicted octanol–water partition coefficient (Wildman–Crippen LogP) is 3.84. The van der Waals surface area contributed by atoms with Crippen LogP contribution in [0.2, 0.25) is 0 Å². The Morgan fingerprint density at radius 2 is 1.79 bits per heavy atom. The van der Waals surface area contributed by atoms with Gasteiger partial charge in [-0.3, -0.25) is 18.7 Å². The normalized spacial score (nSPS) is 14.3. The van der Waals surface area contributed by atoms with Crippen molar-refractivity contribution >= 4 is 16.8 Å². The van der Waals surface area contributed by atoms with Crippen LogP contribution in [0.1, 0.15) is 56.9 Å². The van der Waals surface area contributed by atoms with Gasteiger partial charge in [0.15, 0.2) is 0 Å². The first-order chi connectivity index (χ1) is 16.6. The van der Waals surface area contributed by atoms with E-state index in [9.17, 15) is 14.4 Å². The van der Waals surface area contributed by atoms with Crippen LogP contribution in [0.3, 0.4) is 0 Å². The number of carbonyl (C=O) groups is 1. The number of amides is 1. The number of carbonyl (C=O) groups excluding carboxylic acids is 1. The molecule has 1 fully saturated rings. The van der Waals surface area contributed by atoms with Gasteiger partial charge in [-0.1, -0.05) is 43.5 Å². The number of hydrogen-bond donors (Lipinski definition) is 1. The van der Waals surface area contributed by atoms with Crippen molar-refractivity contribution in [3.63, 3.8) is 0 Å². The summed E-state index contributed by atoms with van der Waals surface area (Å²) in [5.74, 6) is 0.780. The Morgan fingerprint density at radius 1 is 1.00 bits per heavy atom. The van der Waals surface area contributed by atoms with Gasteiger partial charge < -0.3 is 10.1 Å². The number of ether oxygens (including phenoxy) is 1. The lowest BCUT2D eigenvalue weighted by atomic mass is 9.95. The molecule has 0 radical (unpaired) electrons. The van der Waals surface area contributed by atoms with Crippen LogP contribution in [0.15, 0.2) is 58.1 Å². The van der Waals surface area contributed by atoms with E-state index >= 15 is 0 Å². The summed E-state index contributed by atoms with van der Waals surface area (Å²) in [4.78, 5) is 38.7. The average Bonchev–Trinajstić information content (AvgIpc) is 2.87. The van der Waals surface area contributed by atoms with Gasteiger partial charge in [0.25, 0.3) is 5.56 Å². The summed E-state index contributed by atoms with van der Waals surface area (Å²) in [7, 11) is 1.61. The van der Waals surface area contributed by atoms with E-state index in [0.29, 0.717) is 42.8 Å². The van der Waals surface area contributed by atoms with Gasteiger partial charge in [0.1, 0.15) is 5.75 Å². The first kappa shape index (κ1) is 23.8. The number of methoxy groups -OCH3 is 1. The summed E-state index contributed by atoms with van der Waals surface area (Å²) in [6.45, 7) is 0.623. The highest BCUT2D eigenvalue weighted by molar-refractivity contribution is 5.78. The lowest BCUT2D eigenvalue weighted by molar-refractivity contribution is -0.122. The standard InChI is InChI=1S/C27H33N3O4/c1-34-22-13-9-10-20(18-22)19-30-24-15-6-5-14-23(24)26(32)29(27(30)33)17-8-7-16-25(31)28-21-11-3-2-4-12-21/h5-6,9-10,13-15,18,21H,2-4,7-8,11-12,16-17,19H2,1H3,(H,28,31). The van der Waals surface area contributed by atoms with Crippen molar-refractivity contribution in [1.82, 2.24) is 14.5 Å². The molecule has 1 heterocycles. The minimum atomic E-state index is -0.335. The first-order valence-electron chi connectivity index (χ1n) is 12.2. The Morgan fingerprint density at radius 3 is 2.59 bits per heavy atom. The zero-order valence-electron chi connectivity index (χ0n) is 19.8. The quantitative estimate of drug-likeness (QED) is 0.489. The Kier molecular flexibility index (Phi) is 7.83. The van der Waals surface area contributed by atoms with Gasteiger partial charge in [0, 0.05) is 19.0 Å². The van der Waals surface area contributed by atoms with Crippen LogP contribution in [0.4, 0.5) is 0 Å². The predicted molar refractivity (Wildman–Crippen MR) is 133 cm³/mol. The largest absolute Gasteiger partial charge is 0.497 e. The topological polar surface area (TPSA) is 82.3 Å². The number of hydrogen-bond acceptors (Lipinski definition) is 4. The van der Waals surface area contributed by atoms with E-state index < -0.39 is 0 Å². The van der Waals surface area contributed by atoms with Crippen molar-refractivity contribution < 1.29 is 9.53 Å². The molecule has 1 N–H and O–H groups in total. The molecule has 2 aromatic carbocycles. The SMILES string of the molecule is COc1cccc(Cn2c(=O)n(CCCCC(=O)NC3CCCCC3)c(=O)c3ccccc32)c1. The zero-order chi connectivity index (χ0) is 23.9. The molecule has 180 valence electrons. The Balaban J connectivity index is 1.49. The molecule has 4 rings (SSSR count). The van der Waals surface area contributed by atoms with E-state index in [1.54, 1.807) is 23.8 Å². The molecule has 1 aromatic heterocycles. The molecule has 1 aliphatic carbocycles. The number of nitrogens with zero attached hydrogens (tertiary/aromatic N) is 2. The van der Waals surface area contributed by atoms with Crippen molar-refractivity contribution in [1.29, 1.82) is 0 Å². The number of unbranched alkanes of at least 4 members (excludes halogenated alkanes) is 1. The fraction of sp³-hybridized carbons (Fsp3) is 0.444. The van der Waals surface area contributed by atoms with E-state index in [1.807, 2.05) is 36.4 Å². The number of para-hydroxylation sites is 1. The lowest BCUT2D eigenvalue weighted by Crippen LogP contribution is -2.40. The van der Waals surface area contributed by atoms with E-state index in [-0.39, 0.29) is 23.7 Å². The molecule has 0 spiro atoms. The van der Waals surface area contributed by atoms with Crippen LogP contribution in [-0.2, 0) is 17.9 Å². The molecular weight excluding hydrogens is 430 g/mol. The Labute approximate surface area is 199 Å². The van der Waals surface area contributed by atoms with Crippen LogP contribution in [0.25, 0.3) is 10.9 Å². The van der Waals surface area contributed by atoms with Crippen LogP contribution in [0, 0.1) is 0 Å². The van der Waals surface area contributed by atoms with Gasteiger partial charge >= 0.3 is 5.69 Å². The van der Waals surface area contributed by atoms with Crippen molar-refractivity contribution in [2.75, 3.05) is 7.11 Å². The van der Waals surface area contributed by atoms with Crippen LogP contribution < -0.4 is 21.3 Å². The third-order valence-electron chi connectivity index (χ3n) is 6.61. The summed E-state index contributed by atoms with van der Waals surface area (Å²) >= 11 is 0. The summed E-state index contributed by atoms with van der Waals surface area (Å²) in [5.41, 5.74) is 0.909. The molecule has 1 aliphatic rings. The lowest BCUT2D eigenvalue weighted by Gasteiger charge is -2.22. The van der Waals surface area contributed by atoms with Gasteiger partial charge in [0.2, 0.25) is 5.91 Å². The molecule has 0 saturated heterocycles. The third-order valence-corrected chi connectivity index (χ3v) is 6.61. The van der Waals surface area contributed by atoms with Crippen molar-refractivity contribution in [2.45, 2.75) is 70.5 Å². The number of fused-ring (bicyclic) bond motifs is 1. The maximum Gasteiger partial charge on any atom is 0.331 e. The maximum absolute atomic E-state index is 13.4. The molecule has 34 heavy (non-hydrogen) atoms. The molecule has 7 nitrogen and oxygen atoms in total. The second-order valence-corrected chi connectivity index (χ2v) is 9.05. The molecule has 3 aromatic rings. The summed E-state index contributed by atoms with van der Waals surface area (Å²) in [6.07, 6.45) is 7.36. The van der Waals surface area contributed by atoms with Gasteiger partial charge in [-0.2, -0.15) is 0 Å². The number of rotatable bonds is 9. The van der Waals surface area contributed by atoms with E-state index in [0.717, 1.165) is 24.2 Å². The summed E-state index contributed by atoms with van der Waals surface area (Å²) in [5, 5.41) is 3.64. The molecule has 0 bridgehead atoms. The van der Waals surface area contributed by atoms with E-state index in [4.69, 9.17) is 4.74 Å². The monoisotopic (exact) mass is 463 g/mol. The highest BCUT2D eigenvalue weighted by Gasteiger charge is 2.16. The summed E-state index contributed by atoms with van der Waals surface area (Å²) < 4.78 is 8.26. The highest BCUT2D eigenvalue weighted by atomic mass is 16.5. The van der Waals surface area contributed by atoms with Crippen LogP contribution in [-0.4, -0.2) is 28.2 Å². The molecule has 1 saturated carbocycles. The highest BCUT2D eigenvalue weighted by Crippen LogP contribution is 2.18. The minimum Gasteiger partial charge on any atom is -0.497 e. The van der Waals surface area contributed by atoms with Crippen LogP contribution >= 0.6 is 0 Å². The van der Waals surface area contributed by atoms with Crippen molar-refractivity contribution in [3.8, 4) is 5.75 Å². The molecule has 0 aliphatic heterocycles. The molecule has 0 atom stereocenters. The fourth-order valence-corrected chi connectivity index (χ4v) is 4.78. The zero-order valence-corrected chi connectivity index (χ0v) is 19.8. The molecular formula is C27H33N3O4. The van der Waals surface area contributed by atoms with Crippen LogP contribution in [0.5, 0.6) is 5.75 Å². The number of nitrogens with one attached hydrogen (secondary N) is 1. The third kappa shape index (κ3) is 5.58. The maximum atomic E-state index is 13.4. The minimum absolute atomic E-state index is 0.0631. The van der Waals surface area contributed by atoms with Crippen molar-refractivity contribution in [3.05, 3.63) is 74.9 Å².